The second-order valence-corrected chi connectivity index (χ2v) is 6.92. The molecule has 7 heteroatoms. The highest BCUT2D eigenvalue weighted by Crippen LogP contribution is 2.33. The molecule has 0 bridgehead atoms. The Bertz CT molecular complexity index is 885. The van der Waals surface area contributed by atoms with Gasteiger partial charge in [-0.25, -0.2) is 0 Å². The molecule has 0 spiro atoms. The van der Waals surface area contributed by atoms with E-state index in [0.29, 0.717) is 12.8 Å². The van der Waals surface area contributed by atoms with Crippen molar-refractivity contribution in [3.8, 4) is 5.75 Å². The van der Waals surface area contributed by atoms with E-state index in [1.54, 1.807) is 6.07 Å². The van der Waals surface area contributed by atoms with E-state index in [4.69, 9.17) is 0 Å². The van der Waals surface area contributed by atoms with Gasteiger partial charge >= 0.3 is 15.6 Å². The zero-order chi connectivity index (χ0) is 17.4. The summed E-state index contributed by atoms with van der Waals surface area (Å²) in [5.41, 5.74) is -1.63. The van der Waals surface area contributed by atoms with Gasteiger partial charge in [-0.05, 0) is 47.2 Å². The molecule has 0 aromatic heterocycles. The molecule has 0 aliphatic heterocycles. The van der Waals surface area contributed by atoms with Crippen LogP contribution in [0, 0.1) is 0 Å². The van der Waals surface area contributed by atoms with Crippen molar-refractivity contribution in [2.75, 3.05) is 0 Å². The Balaban J connectivity index is 1.88. The van der Waals surface area contributed by atoms with Crippen LogP contribution in [0.2, 0.25) is 0 Å². The molecular weight excluding hydrogens is 341 g/mol. The summed E-state index contributed by atoms with van der Waals surface area (Å²) in [5, 5.41) is 0. The minimum absolute atomic E-state index is 0.331. The second kappa shape index (κ2) is 5.98. The van der Waals surface area contributed by atoms with Crippen molar-refractivity contribution >= 4 is 21.8 Å². The third-order valence-corrected chi connectivity index (χ3v) is 4.72. The number of aryl methyl sites for hydroxylation is 1. The fourth-order valence-corrected chi connectivity index (χ4v) is 3.03. The van der Waals surface area contributed by atoms with E-state index in [1.807, 2.05) is 36.4 Å². The summed E-state index contributed by atoms with van der Waals surface area (Å²) in [7, 11) is -5.65. The first-order chi connectivity index (χ1) is 11.3. The summed E-state index contributed by atoms with van der Waals surface area (Å²) >= 11 is 0. The van der Waals surface area contributed by atoms with Gasteiger partial charge in [-0.2, -0.15) is 21.6 Å². The molecule has 0 N–H and O–H groups in total. The van der Waals surface area contributed by atoms with Crippen LogP contribution in [0.1, 0.15) is 23.1 Å². The first-order valence-electron chi connectivity index (χ1n) is 7.16. The van der Waals surface area contributed by atoms with Gasteiger partial charge < -0.3 is 4.18 Å². The minimum atomic E-state index is -5.65. The van der Waals surface area contributed by atoms with Crippen molar-refractivity contribution in [1.82, 2.24) is 0 Å². The number of hydrogen-bond donors (Lipinski definition) is 0. The number of halogens is 3. The Morgan fingerprint density at radius 2 is 1.67 bits per heavy atom. The molecule has 0 atom stereocenters. The molecule has 0 saturated carbocycles. The Labute approximate surface area is 137 Å². The van der Waals surface area contributed by atoms with Crippen LogP contribution < -0.4 is 4.18 Å². The molecule has 126 valence electrons. The number of hydrogen-bond acceptors (Lipinski definition) is 3. The fourth-order valence-electron chi connectivity index (χ4n) is 2.57. The number of alkyl halides is 3. The molecule has 0 heterocycles. The van der Waals surface area contributed by atoms with E-state index in [9.17, 15) is 21.6 Å². The Morgan fingerprint density at radius 1 is 0.958 bits per heavy atom. The Kier molecular flexibility index (Phi) is 4.13. The van der Waals surface area contributed by atoms with Gasteiger partial charge in [0.25, 0.3) is 0 Å². The lowest BCUT2D eigenvalue weighted by Gasteiger charge is -2.18. The van der Waals surface area contributed by atoms with Crippen molar-refractivity contribution in [3.63, 3.8) is 0 Å². The molecule has 1 aliphatic rings. The predicted octanol–water partition coefficient (Wildman–Crippen LogP) is 4.40. The molecular formula is C17H13F3O3S. The molecule has 0 unspecified atom stereocenters. The van der Waals surface area contributed by atoms with Crippen molar-refractivity contribution in [2.24, 2.45) is 0 Å². The summed E-state index contributed by atoms with van der Waals surface area (Å²) < 4.78 is 63.4. The van der Waals surface area contributed by atoms with Crippen molar-refractivity contribution in [1.29, 1.82) is 0 Å². The predicted molar refractivity (Wildman–Crippen MR) is 84.7 cm³/mol. The molecule has 0 amide bonds. The molecule has 1 aliphatic carbocycles. The van der Waals surface area contributed by atoms with Crippen molar-refractivity contribution in [2.45, 2.75) is 18.3 Å². The second-order valence-electron chi connectivity index (χ2n) is 5.38. The maximum atomic E-state index is 12.4. The van der Waals surface area contributed by atoms with Crippen LogP contribution in [0.15, 0.2) is 48.5 Å². The zero-order valence-corrected chi connectivity index (χ0v) is 13.2. The van der Waals surface area contributed by atoms with E-state index in [1.165, 1.54) is 12.1 Å². The lowest BCUT2D eigenvalue weighted by atomic mass is 9.89. The van der Waals surface area contributed by atoms with Crippen LogP contribution in [0.5, 0.6) is 5.75 Å². The van der Waals surface area contributed by atoms with Gasteiger partial charge in [-0.3, -0.25) is 0 Å². The van der Waals surface area contributed by atoms with E-state index >= 15 is 0 Å². The zero-order valence-electron chi connectivity index (χ0n) is 12.4. The highest BCUT2D eigenvalue weighted by molar-refractivity contribution is 7.88. The average molecular weight is 354 g/mol. The molecule has 24 heavy (non-hydrogen) atoms. The molecule has 3 nitrogen and oxygen atoms in total. The number of allylic oxidation sites excluding steroid dienone is 1. The lowest BCUT2D eigenvalue weighted by Crippen LogP contribution is -2.28. The standard InChI is InChI=1S/C17H13F3O3S/c18-17(19,20)24(21,22)23-16-9-8-14-10-13(6-7-15(14)11-16)12-4-2-1-3-5-12/h1-5,8-11H,6-7H2. The van der Waals surface area contributed by atoms with Crippen LogP contribution >= 0.6 is 0 Å². The van der Waals surface area contributed by atoms with Crippen LogP contribution in [0.3, 0.4) is 0 Å². The topological polar surface area (TPSA) is 43.4 Å². The third-order valence-electron chi connectivity index (χ3n) is 3.74. The van der Waals surface area contributed by atoms with Gasteiger partial charge in [0.1, 0.15) is 5.75 Å². The summed E-state index contributed by atoms with van der Waals surface area (Å²) in [4.78, 5) is 0. The SMILES string of the molecule is O=S(=O)(Oc1ccc2c(c1)CCC(c1ccccc1)=C2)C(F)(F)F. The molecule has 2 aromatic carbocycles. The first kappa shape index (κ1) is 16.6. The molecule has 0 fully saturated rings. The van der Waals surface area contributed by atoms with Gasteiger partial charge in [-0.1, -0.05) is 42.5 Å². The van der Waals surface area contributed by atoms with Crippen molar-refractivity contribution in [3.05, 3.63) is 65.2 Å². The highest BCUT2D eigenvalue weighted by atomic mass is 32.2. The third kappa shape index (κ3) is 3.31. The summed E-state index contributed by atoms with van der Waals surface area (Å²) in [6.45, 7) is 0. The summed E-state index contributed by atoms with van der Waals surface area (Å²) in [5.74, 6) is -0.331. The van der Waals surface area contributed by atoms with Gasteiger partial charge in [0.2, 0.25) is 0 Å². The van der Waals surface area contributed by atoms with E-state index in [2.05, 4.69) is 4.18 Å². The molecule has 3 rings (SSSR count). The quantitative estimate of drug-likeness (QED) is 0.606. The maximum absolute atomic E-state index is 12.4. The Hall–Kier alpha value is -2.28. The minimum Gasteiger partial charge on any atom is -0.376 e. The van der Waals surface area contributed by atoms with Crippen LogP contribution in [0.4, 0.5) is 13.2 Å². The van der Waals surface area contributed by atoms with E-state index in [0.717, 1.165) is 22.3 Å². The van der Waals surface area contributed by atoms with Crippen molar-refractivity contribution < 1.29 is 25.8 Å². The fraction of sp³-hybridized carbons (Fsp3) is 0.176. The van der Waals surface area contributed by atoms with Gasteiger partial charge in [0.15, 0.2) is 0 Å². The Morgan fingerprint density at radius 3 is 2.33 bits per heavy atom. The van der Waals surface area contributed by atoms with Crippen LogP contribution in [-0.2, 0) is 16.5 Å². The lowest BCUT2D eigenvalue weighted by molar-refractivity contribution is -0.0500. The van der Waals surface area contributed by atoms with E-state index in [-0.39, 0.29) is 5.75 Å². The maximum Gasteiger partial charge on any atom is 0.534 e. The first-order valence-corrected chi connectivity index (χ1v) is 8.57. The largest absolute Gasteiger partial charge is 0.534 e. The summed E-state index contributed by atoms with van der Waals surface area (Å²) in [6.07, 6.45) is 3.27. The van der Waals surface area contributed by atoms with E-state index < -0.39 is 15.6 Å². The number of rotatable bonds is 3. The number of fused-ring (bicyclic) bond motifs is 1. The van der Waals surface area contributed by atoms with Crippen LogP contribution in [-0.4, -0.2) is 13.9 Å². The average Bonchev–Trinajstić information content (AvgIpc) is 2.54. The van der Waals surface area contributed by atoms with Gasteiger partial charge in [0.05, 0.1) is 0 Å². The highest BCUT2D eigenvalue weighted by Gasteiger charge is 2.48. The molecule has 2 aromatic rings. The van der Waals surface area contributed by atoms with Crippen LogP contribution in [0.25, 0.3) is 11.6 Å². The summed E-state index contributed by atoms with van der Waals surface area (Å²) in [6, 6.07) is 13.9. The molecule has 0 saturated heterocycles. The molecule has 0 radical (unpaired) electrons. The normalized spacial score (nSPS) is 14.7. The monoisotopic (exact) mass is 354 g/mol. The number of benzene rings is 2. The van der Waals surface area contributed by atoms with Gasteiger partial charge in [0, 0.05) is 0 Å². The smallest absolute Gasteiger partial charge is 0.376 e. The van der Waals surface area contributed by atoms with Gasteiger partial charge in [-0.15, -0.1) is 0 Å².